The van der Waals surface area contributed by atoms with Gasteiger partial charge in [0.05, 0.1) is 6.54 Å². The summed E-state index contributed by atoms with van der Waals surface area (Å²) in [6.45, 7) is 10.5. The van der Waals surface area contributed by atoms with Crippen molar-refractivity contribution in [2.75, 3.05) is 19.7 Å². The van der Waals surface area contributed by atoms with Crippen LogP contribution in [0.15, 0.2) is 0 Å². The van der Waals surface area contributed by atoms with Crippen LogP contribution in [0.3, 0.4) is 0 Å². The first kappa shape index (κ1) is 17.8. The Kier molecular flexibility index (Phi) is 6.45. The zero-order valence-corrected chi connectivity index (χ0v) is 13.7. The Morgan fingerprint density at radius 2 is 2.00 bits per heavy atom. The Bertz CT molecular complexity index is 364. The normalized spacial score (nSPS) is 20.8. The molecule has 1 saturated heterocycles. The number of carbonyl (C=O) groups excluding carboxylic acids is 2. The first-order valence-corrected chi connectivity index (χ1v) is 7.53. The number of likely N-dealkylation sites (tertiary alicyclic amines) is 1. The number of esters is 1. The summed E-state index contributed by atoms with van der Waals surface area (Å²) in [5.41, 5.74) is -0.524. The molecule has 0 aromatic heterocycles. The molecule has 0 spiro atoms. The molecule has 0 radical (unpaired) electrons. The van der Waals surface area contributed by atoms with Crippen LogP contribution in [0.2, 0.25) is 0 Å². The first-order chi connectivity index (χ1) is 9.73. The second-order valence-electron chi connectivity index (χ2n) is 6.23. The number of nitrogens with zero attached hydrogens (tertiary/aromatic N) is 1. The third-order valence-electron chi connectivity index (χ3n) is 3.06. The molecule has 6 heteroatoms. The summed E-state index contributed by atoms with van der Waals surface area (Å²) >= 11 is 0. The fourth-order valence-electron chi connectivity index (χ4n) is 2.10. The van der Waals surface area contributed by atoms with Crippen molar-refractivity contribution < 1.29 is 23.8 Å². The van der Waals surface area contributed by atoms with Crippen LogP contribution in [0.4, 0.5) is 4.79 Å². The van der Waals surface area contributed by atoms with Gasteiger partial charge in [-0.2, -0.15) is 0 Å². The maximum absolute atomic E-state index is 12.0. The highest BCUT2D eigenvalue weighted by Gasteiger charge is 2.30. The molecule has 2 atom stereocenters. The Morgan fingerprint density at radius 1 is 1.33 bits per heavy atom. The van der Waals surface area contributed by atoms with E-state index in [0.717, 1.165) is 12.8 Å². The number of rotatable bonds is 4. The van der Waals surface area contributed by atoms with E-state index >= 15 is 0 Å². The smallest absolute Gasteiger partial charge is 0.410 e. The van der Waals surface area contributed by atoms with Crippen LogP contribution in [0.5, 0.6) is 0 Å². The molecule has 0 N–H and O–H groups in total. The van der Waals surface area contributed by atoms with Crippen LogP contribution in [0.25, 0.3) is 0 Å². The van der Waals surface area contributed by atoms with Crippen LogP contribution >= 0.6 is 0 Å². The van der Waals surface area contributed by atoms with Gasteiger partial charge in [-0.25, -0.2) is 9.59 Å². The van der Waals surface area contributed by atoms with Crippen LogP contribution < -0.4 is 0 Å². The lowest BCUT2D eigenvalue weighted by atomic mass is 10.1. The van der Waals surface area contributed by atoms with E-state index in [1.165, 1.54) is 0 Å². The lowest BCUT2D eigenvalue weighted by Crippen LogP contribution is -2.46. The molecule has 1 aliphatic heterocycles. The van der Waals surface area contributed by atoms with Gasteiger partial charge in [0.15, 0.2) is 6.10 Å². The zero-order valence-electron chi connectivity index (χ0n) is 13.7. The molecule has 6 nitrogen and oxygen atoms in total. The van der Waals surface area contributed by atoms with E-state index < -0.39 is 11.7 Å². The summed E-state index contributed by atoms with van der Waals surface area (Å²) < 4.78 is 15.9. The Hall–Kier alpha value is -1.30. The summed E-state index contributed by atoms with van der Waals surface area (Å²) in [5, 5.41) is 0. The molecule has 0 aromatic rings. The molecule has 122 valence electrons. The second-order valence-corrected chi connectivity index (χ2v) is 6.23. The van der Waals surface area contributed by atoms with Crippen molar-refractivity contribution in [2.45, 2.75) is 65.3 Å². The Labute approximate surface area is 126 Å². The van der Waals surface area contributed by atoms with E-state index in [2.05, 4.69) is 0 Å². The largest absolute Gasteiger partial charge is 0.459 e. The number of carbonyl (C=O) groups is 2. The highest BCUT2D eigenvalue weighted by molar-refractivity contribution is 5.74. The monoisotopic (exact) mass is 301 g/mol. The molecule has 0 saturated carbocycles. The Balaban J connectivity index is 2.48. The molecule has 21 heavy (non-hydrogen) atoms. The van der Waals surface area contributed by atoms with E-state index in [0.29, 0.717) is 19.7 Å². The van der Waals surface area contributed by atoms with Gasteiger partial charge in [0.1, 0.15) is 11.7 Å². The standard InChI is InChI=1S/C15H27NO5/c1-6-19-11(2)13(17)20-12-8-7-9-16(10-12)14(18)21-15(3,4)5/h11-12H,6-10H2,1-5H3/t11-,12+/m0/s1. The van der Waals surface area contributed by atoms with E-state index in [1.54, 1.807) is 11.8 Å². The highest BCUT2D eigenvalue weighted by atomic mass is 16.6. The van der Waals surface area contributed by atoms with Crippen LogP contribution in [0, 0.1) is 0 Å². The van der Waals surface area contributed by atoms with Crippen LogP contribution in [0.1, 0.15) is 47.5 Å². The molecule has 0 aliphatic carbocycles. The fraction of sp³-hybridized carbons (Fsp3) is 0.867. The summed E-state index contributed by atoms with van der Waals surface area (Å²) in [5.74, 6) is -0.382. The summed E-state index contributed by atoms with van der Waals surface area (Å²) in [7, 11) is 0. The summed E-state index contributed by atoms with van der Waals surface area (Å²) in [4.78, 5) is 25.4. The van der Waals surface area contributed by atoms with Gasteiger partial charge in [-0.15, -0.1) is 0 Å². The van der Waals surface area contributed by atoms with Crippen molar-refractivity contribution >= 4 is 12.1 Å². The van der Waals surface area contributed by atoms with Gasteiger partial charge in [-0.3, -0.25) is 0 Å². The van der Waals surface area contributed by atoms with Gasteiger partial charge in [0.2, 0.25) is 0 Å². The van der Waals surface area contributed by atoms with Crippen molar-refractivity contribution in [2.24, 2.45) is 0 Å². The molecule has 1 heterocycles. The molecular weight excluding hydrogens is 274 g/mol. The maximum Gasteiger partial charge on any atom is 0.410 e. The first-order valence-electron chi connectivity index (χ1n) is 7.53. The lowest BCUT2D eigenvalue weighted by molar-refractivity contribution is -0.163. The number of amides is 1. The lowest BCUT2D eigenvalue weighted by Gasteiger charge is -2.34. The predicted octanol–water partition coefficient (Wildman–Crippen LogP) is 2.35. The summed E-state index contributed by atoms with van der Waals surface area (Å²) in [6.07, 6.45) is 0.319. The predicted molar refractivity (Wildman–Crippen MR) is 78.0 cm³/mol. The van der Waals surface area contributed by atoms with E-state index in [4.69, 9.17) is 14.2 Å². The minimum atomic E-state index is -0.577. The molecule has 1 fully saturated rings. The highest BCUT2D eigenvalue weighted by Crippen LogP contribution is 2.17. The molecule has 0 aromatic carbocycles. The molecule has 1 rings (SSSR count). The fourth-order valence-corrected chi connectivity index (χ4v) is 2.10. The average Bonchev–Trinajstić information content (AvgIpc) is 2.37. The minimum Gasteiger partial charge on any atom is -0.459 e. The third-order valence-corrected chi connectivity index (χ3v) is 3.06. The zero-order chi connectivity index (χ0) is 16.0. The maximum atomic E-state index is 12.0. The third kappa shape index (κ3) is 6.33. The van der Waals surface area contributed by atoms with Gasteiger partial charge >= 0.3 is 12.1 Å². The second kappa shape index (κ2) is 7.64. The molecule has 0 bridgehead atoms. The van der Waals surface area contributed by atoms with E-state index in [9.17, 15) is 9.59 Å². The average molecular weight is 301 g/mol. The van der Waals surface area contributed by atoms with Crippen molar-refractivity contribution in [3.05, 3.63) is 0 Å². The molecule has 1 amide bonds. The van der Waals surface area contributed by atoms with Gasteiger partial charge in [-0.05, 0) is 47.5 Å². The molecule has 1 aliphatic rings. The van der Waals surface area contributed by atoms with Crippen molar-refractivity contribution in [3.63, 3.8) is 0 Å². The Morgan fingerprint density at radius 3 is 2.57 bits per heavy atom. The molecular formula is C15H27NO5. The molecule has 0 unspecified atom stereocenters. The number of piperidine rings is 1. The van der Waals surface area contributed by atoms with Crippen LogP contribution in [-0.2, 0) is 19.0 Å². The van der Waals surface area contributed by atoms with Crippen LogP contribution in [-0.4, -0.2) is 54.5 Å². The number of hydrogen-bond donors (Lipinski definition) is 0. The topological polar surface area (TPSA) is 65.1 Å². The van der Waals surface area contributed by atoms with Gasteiger partial charge in [-0.1, -0.05) is 0 Å². The van der Waals surface area contributed by atoms with Crippen molar-refractivity contribution in [3.8, 4) is 0 Å². The van der Waals surface area contributed by atoms with E-state index in [1.807, 2.05) is 27.7 Å². The van der Waals surface area contributed by atoms with Crippen molar-refractivity contribution in [1.29, 1.82) is 0 Å². The SMILES string of the molecule is CCO[C@@H](C)C(=O)O[C@@H]1CCCN(C(=O)OC(C)(C)C)C1. The number of hydrogen-bond acceptors (Lipinski definition) is 5. The van der Waals surface area contributed by atoms with Gasteiger partial charge < -0.3 is 19.1 Å². The quantitative estimate of drug-likeness (QED) is 0.746. The summed E-state index contributed by atoms with van der Waals surface area (Å²) in [6, 6.07) is 0. The van der Waals surface area contributed by atoms with Gasteiger partial charge in [0.25, 0.3) is 0 Å². The van der Waals surface area contributed by atoms with Crippen molar-refractivity contribution in [1.82, 2.24) is 4.90 Å². The minimum absolute atomic E-state index is 0.290. The van der Waals surface area contributed by atoms with Gasteiger partial charge in [0, 0.05) is 13.2 Å². The van der Waals surface area contributed by atoms with E-state index in [-0.39, 0.29) is 18.2 Å². The number of ether oxygens (including phenoxy) is 3.